The standard InChI is InChI=1S/C11H9BrS/c12-10-8-3-1-2-4-9(8)13-11(10)7-5-6-7/h1-4,7H,5-6H2. The SMILES string of the molecule is Brc1c(C2CC2)sc2ccccc12. The Bertz CT molecular complexity index is 454. The summed E-state index contributed by atoms with van der Waals surface area (Å²) < 4.78 is 2.76. The number of benzene rings is 1. The molecule has 0 aliphatic heterocycles. The van der Waals surface area contributed by atoms with E-state index in [-0.39, 0.29) is 0 Å². The Balaban J connectivity index is 2.30. The third kappa shape index (κ3) is 1.24. The molecular weight excluding hydrogens is 244 g/mol. The third-order valence-corrected chi connectivity index (χ3v) is 4.96. The second-order valence-corrected chi connectivity index (χ2v) is 5.43. The molecule has 1 aromatic heterocycles. The fraction of sp³-hybridized carbons (Fsp3) is 0.273. The van der Waals surface area contributed by atoms with Crippen LogP contribution in [0.5, 0.6) is 0 Å². The quantitative estimate of drug-likeness (QED) is 0.699. The van der Waals surface area contributed by atoms with E-state index in [9.17, 15) is 0 Å². The van der Waals surface area contributed by atoms with Crippen LogP contribution in [0.2, 0.25) is 0 Å². The molecule has 13 heavy (non-hydrogen) atoms. The molecule has 0 N–H and O–H groups in total. The van der Waals surface area contributed by atoms with Crippen molar-refractivity contribution >= 4 is 37.4 Å². The first-order chi connectivity index (χ1) is 6.36. The van der Waals surface area contributed by atoms with Gasteiger partial charge in [0.2, 0.25) is 0 Å². The lowest BCUT2D eigenvalue weighted by atomic mass is 10.2. The average molecular weight is 253 g/mol. The van der Waals surface area contributed by atoms with Crippen molar-refractivity contribution in [1.82, 2.24) is 0 Å². The zero-order valence-electron chi connectivity index (χ0n) is 7.09. The predicted octanol–water partition coefficient (Wildman–Crippen LogP) is 4.54. The van der Waals surface area contributed by atoms with Gasteiger partial charge in [-0.1, -0.05) is 18.2 Å². The number of rotatable bonds is 1. The minimum atomic E-state index is 0.853. The molecule has 1 heterocycles. The Hall–Kier alpha value is -0.340. The van der Waals surface area contributed by atoms with Crippen LogP contribution in [0.15, 0.2) is 28.7 Å². The van der Waals surface area contributed by atoms with Crippen molar-refractivity contribution in [2.75, 3.05) is 0 Å². The van der Waals surface area contributed by atoms with Crippen molar-refractivity contribution in [2.24, 2.45) is 0 Å². The molecule has 0 spiro atoms. The van der Waals surface area contributed by atoms with Gasteiger partial charge in [0, 0.05) is 19.4 Å². The van der Waals surface area contributed by atoms with Crippen molar-refractivity contribution in [3.63, 3.8) is 0 Å². The molecule has 1 aliphatic carbocycles. The number of thiophene rings is 1. The van der Waals surface area contributed by atoms with E-state index in [1.807, 2.05) is 11.3 Å². The van der Waals surface area contributed by atoms with Gasteiger partial charge in [0.15, 0.2) is 0 Å². The maximum atomic E-state index is 3.70. The largest absolute Gasteiger partial charge is 0.139 e. The van der Waals surface area contributed by atoms with Crippen LogP contribution in [0.4, 0.5) is 0 Å². The number of fused-ring (bicyclic) bond motifs is 1. The maximum Gasteiger partial charge on any atom is 0.0396 e. The van der Waals surface area contributed by atoms with E-state index in [4.69, 9.17) is 0 Å². The molecule has 66 valence electrons. The van der Waals surface area contributed by atoms with Gasteiger partial charge in [-0.15, -0.1) is 11.3 Å². The smallest absolute Gasteiger partial charge is 0.0396 e. The van der Waals surface area contributed by atoms with Gasteiger partial charge in [-0.25, -0.2) is 0 Å². The molecule has 0 bridgehead atoms. The predicted molar refractivity (Wildman–Crippen MR) is 61.5 cm³/mol. The average Bonchev–Trinajstić information content (AvgIpc) is 2.94. The summed E-state index contributed by atoms with van der Waals surface area (Å²) in [6.07, 6.45) is 2.76. The highest BCUT2D eigenvalue weighted by Crippen LogP contribution is 2.49. The Kier molecular flexibility index (Phi) is 1.74. The number of hydrogen-bond donors (Lipinski definition) is 0. The molecule has 0 nitrogen and oxygen atoms in total. The summed E-state index contributed by atoms with van der Waals surface area (Å²) in [5.74, 6) is 0.853. The van der Waals surface area contributed by atoms with E-state index in [2.05, 4.69) is 40.2 Å². The van der Waals surface area contributed by atoms with Gasteiger partial charge >= 0.3 is 0 Å². The Morgan fingerprint density at radius 3 is 2.69 bits per heavy atom. The first-order valence-corrected chi connectivity index (χ1v) is 6.14. The lowest BCUT2D eigenvalue weighted by Gasteiger charge is -1.91. The topological polar surface area (TPSA) is 0 Å². The molecular formula is C11H9BrS. The van der Waals surface area contributed by atoms with Gasteiger partial charge in [-0.05, 0) is 40.8 Å². The van der Waals surface area contributed by atoms with Crippen molar-refractivity contribution in [2.45, 2.75) is 18.8 Å². The van der Waals surface area contributed by atoms with Crippen LogP contribution in [0.3, 0.4) is 0 Å². The molecule has 1 fully saturated rings. The molecule has 1 aromatic carbocycles. The van der Waals surface area contributed by atoms with Gasteiger partial charge in [0.1, 0.15) is 0 Å². The second-order valence-electron chi connectivity index (χ2n) is 3.55. The Morgan fingerprint density at radius 2 is 2.00 bits per heavy atom. The maximum absolute atomic E-state index is 3.70. The Morgan fingerprint density at radius 1 is 1.23 bits per heavy atom. The van der Waals surface area contributed by atoms with Gasteiger partial charge in [-0.2, -0.15) is 0 Å². The van der Waals surface area contributed by atoms with E-state index >= 15 is 0 Å². The van der Waals surface area contributed by atoms with E-state index in [1.165, 1.54) is 27.4 Å². The van der Waals surface area contributed by atoms with Gasteiger partial charge in [-0.3, -0.25) is 0 Å². The summed E-state index contributed by atoms with van der Waals surface area (Å²) in [5, 5.41) is 1.38. The minimum Gasteiger partial charge on any atom is -0.139 e. The highest BCUT2D eigenvalue weighted by molar-refractivity contribution is 9.10. The highest BCUT2D eigenvalue weighted by Gasteiger charge is 2.28. The molecule has 3 rings (SSSR count). The fourth-order valence-corrected chi connectivity index (χ4v) is 3.95. The summed E-state index contributed by atoms with van der Waals surface area (Å²) in [5.41, 5.74) is 0. The van der Waals surface area contributed by atoms with Crippen LogP contribution in [-0.4, -0.2) is 0 Å². The van der Waals surface area contributed by atoms with Crippen LogP contribution >= 0.6 is 27.3 Å². The normalized spacial score (nSPS) is 16.7. The zero-order chi connectivity index (χ0) is 8.84. The van der Waals surface area contributed by atoms with E-state index in [1.54, 1.807) is 4.88 Å². The molecule has 0 amide bonds. The van der Waals surface area contributed by atoms with Crippen LogP contribution in [0, 0.1) is 0 Å². The second kappa shape index (κ2) is 2.82. The first-order valence-electron chi connectivity index (χ1n) is 4.53. The van der Waals surface area contributed by atoms with Crippen molar-refractivity contribution in [3.05, 3.63) is 33.6 Å². The van der Waals surface area contributed by atoms with Gasteiger partial charge in [0.25, 0.3) is 0 Å². The van der Waals surface area contributed by atoms with Crippen LogP contribution in [0.1, 0.15) is 23.6 Å². The molecule has 1 aliphatic rings. The Labute approximate surface area is 89.7 Å². The lowest BCUT2D eigenvalue weighted by Crippen LogP contribution is -1.69. The summed E-state index contributed by atoms with van der Waals surface area (Å²) in [4.78, 5) is 1.56. The van der Waals surface area contributed by atoms with E-state index in [0.29, 0.717) is 0 Å². The summed E-state index contributed by atoms with van der Waals surface area (Å²) in [6, 6.07) is 8.62. The van der Waals surface area contributed by atoms with E-state index < -0.39 is 0 Å². The lowest BCUT2D eigenvalue weighted by molar-refractivity contribution is 1.17. The van der Waals surface area contributed by atoms with Crippen LogP contribution in [0.25, 0.3) is 10.1 Å². The van der Waals surface area contributed by atoms with Crippen molar-refractivity contribution < 1.29 is 0 Å². The van der Waals surface area contributed by atoms with Crippen LogP contribution in [-0.2, 0) is 0 Å². The fourth-order valence-electron chi connectivity index (χ4n) is 1.64. The summed E-state index contributed by atoms with van der Waals surface area (Å²) >= 11 is 5.65. The molecule has 0 atom stereocenters. The third-order valence-electron chi connectivity index (χ3n) is 2.51. The molecule has 2 heteroatoms. The number of hydrogen-bond acceptors (Lipinski definition) is 1. The van der Waals surface area contributed by atoms with E-state index in [0.717, 1.165) is 5.92 Å². The van der Waals surface area contributed by atoms with Crippen LogP contribution < -0.4 is 0 Å². The molecule has 0 saturated heterocycles. The van der Waals surface area contributed by atoms with Crippen molar-refractivity contribution in [3.8, 4) is 0 Å². The molecule has 0 radical (unpaired) electrons. The van der Waals surface area contributed by atoms with Crippen molar-refractivity contribution in [1.29, 1.82) is 0 Å². The molecule has 0 unspecified atom stereocenters. The van der Waals surface area contributed by atoms with Gasteiger partial charge in [0.05, 0.1) is 0 Å². The summed E-state index contributed by atoms with van der Waals surface area (Å²) in [7, 11) is 0. The number of halogens is 1. The molecule has 1 saturated carbocycles. The zero-order valence-corrected chi connectivity index (χ0v) is 9.49. The molecule has 2 aromatic rings. The van der Waals surface area contributed by atoms with Gasteiger partial charge < -0.3 is 0 Å². The highest BCUT2D eigenvalue weighted by atomic mass is 79.9. The monoisotopic (exact) mass is 252 g/mol. The minimum absolute atomic E-state index is 0.853. The summed E-state index contributed by atoms with van der Waals surface area (Å²) in [6.45, 7) is 0. The first kappa shape index (κ1) is 8.01.